The minimum atomic E-state index is -3.70. The van der Waals surface area contributed by atoms with Crippen LogP contribution in [0, 0.1) is 17.5 Å². The van der Waals surface area contributed by atoms with Crippen molar-refractivity contribution in [1.82, 2.24) is 13.9 Å². The third-order valence-corrected chi connectivity index (χ3v) is 8.53. The molecule has 12 heteroatoms. The second-order valence-corrected chi connectivity index (χ2v) is 10.8. The lowest BCUT2D eigenvalue weighted by Crippen LogP contribution is -2.40. The monoisotopic (exact) mass is 529 g/mol. The average Bonchev–Trinajstić information content (AvgIpc) is 3.20. The molecule has 1 saturated heterocycles. The molecule has 2 aromatic carbocycles. The Kier molecular flexibility index (Phi) is 8.38. The standard InChI is InChI=1S/C23H26F3N3O4S2/c1-2-32-9-3-6-29-22-5-4-17(35(30,31)28-7-10-33-11-8-28)13-21(22)27-23(29)34-15-16-12-19(25)20(26)14-18(16)24/h4-5,12-14H,2-3,6-11,15H2,1H3. The third kappa shape index (κ3) is 5.83. The number of aromatic nitrogens is 2. The van der Waals surface area contributed by atoms with Gasteiger partial charge in [-0.2, -0.15) is 4.31 Å². The first-order valence-corrected chi connectivity index (χ1v) is 13.7. The molecule has 1 fully saturated rings. The Balaban J connectivity index is 1.64. The van der Waals surface area contributed by atoms with Gasteiger partial charge in [-0.05, 0) is 37.6 Å². The van der Waals surface area contributed by atoms with Gasteiger partial charge in [0.1, 0.15) is 5.82 Å². The molecule has 0 amide bonds. The summed E-state index contributed by atoms with van der Waals surface area (Å²) in [7, 11) is -3.70. The maximum atomic E-state index is 14.1. The number of nitrogens with zero attached hydrogens (tertiary/aromatic N) is 3. The summed E-state index contributed by atoms with van der Waals surface area (Å²) in [6.45, 7) is 4.82. The number of rotatable bonds is 10. The highest BCUT2D eigenvalue weighted by molar-refractivity contribution is 7.98. The second-order valence-electron chi connectivity index (χ2n) is 7.91. The molecule has 2 heterocycles. The molecule has 0 radical (unpaired) electrons. The average molecular weight is 530 g/mol. The predicted molar refractivity (Wildman–Crippen MR) is 126 cm³/mol. The number of sulfonamides is 1. The highest BCUT2D eigenvalue weighted by atomic mass is 32.2. The molecule has 3 aromatic rings. The van der Waals surface area contributed by atoms with E-state index in [4.69, 9.17) is 9.47 Å². The largest absolute Gasteiger partial charge is 0.382 e. The maximum absolute atomic E-state index is 14.1. The number of aryl methyl sites for hydroxylation is 1. The van der Waals surface area contributed by atoms with Crippen LogP contribution >= 0.6 is 11.8 Å². The molecule has 0 atom stereocenters. The third-order valence-electron chi connectivity index (χ3n) is 5.61. The lowest BCUT2D eigenvalue weighted by molar-refractivity contribution is 0.0730. The Morgan fingerprint density at radius 1 is 1.09 bits per heavy atom. The van der Waals surface area contributed by atoms with Crippen molar-refractivity contribution in [3.05, 3.63) is 53.3 Å². The number of thioether (sulfide) groups is 1. The molecule has 1 aliphatic heterocycles. The van der Waals surface area contributed by atoms with E-state index in [1.165, 1.54) is 22.1 Å². The molecule has 1 aromatic heterocycles. The van der Waals surface area contributed by atoms with Gasteiger partial charge in [-0.1, -0.05) is 11.8 Å². The number of hydrogen-bond donors (Lipinski definition) is 0. The minimum Gasteiger partial charge on any atom is -0.382 e. The fourth-order valence-corrected chi connectivity index (χ4v) is 6.24. The van der Waals surface area contributed by atoms with Crippen LogP contribution in [0.3, 0.4) is 0 Å². The van der Waals surface area contributed by atoms with E-state index >= 15 is 0 Å². The van der Waals surface area contributed by atoms with E-state index < -0.39 is 27.5 Å². The van der Waals surface area contributed by atoms with E-state index in [2.05, 4.69) is 4.98 Å². The molecular weight excluding hydrogens is 503 g/mol. The van der Waals surface area contributed by atoms with Crippen molar-refractivity contribution in [2.24, 2.45) is 0 Å². The number of halogens is 3. The zero-order valence-electron chi connectivity index (χ0n) is 19.2. The zero-order valence-corrected chi connectivity index (χ0v) is 20.8. The van der Waals surface area contributed by atoms with Crippen molar-refractivity contribution in [2.45, 2.75) is 35.7 Å². The van der Waals surface area contributed by atoms with Crippen LogP contribution in [0.25, 0.3) is 11.0 Å². The summed E-state index contributed by atoms with van der Waals surface area (Å²) in [6, 6.07) is 6.16. The molecule has 0 aliphatic carbocycles. The van der Waals surface area contributed by atoms with Crippen LogP contribution in [0.5, 0.6) is 0 Å². The van der Waals surface area contributed by atoms with Gasteiger partial charge >= 0.3 is 0 Å². The molecule has 0 N–H and O–H groups in total. The van der Waals surface area contributed by atoms with Crippen molar-refractivity contribution in [3.63, 3.8) is 0 Å². The van der Waals surface area contributed by atoms with Crippen LogP contribution in [-0.2, 0) is 31.8 Å². The van der Waals surface area contributed by atoms with Gasteiger partial charge in [0.05, 0.1) is 29.1 Å². The number of benzene rings is 2. The normalized spacial score (nSPS) is 15.2. The smallest absolute Gasteiger partial charge is 0.243 e. The first-order chi connectivity index (χ1) is 16.8. The Morgan fingerprint density at radius 3 is 2.57 bits per heavy atom. The maximum Gasteiger partial charge on any atom is 0.243 e. The number of fused-ring (bicyclic) bond motifs is 1. The second kappa shape index (κ2) is 11.3. The molecule has 0 saturated carbocycles. The summed E-state index contributed by atoms with van der Waals surface area (Å²) in [5.74, 6) is -3.18. The van der Waals surface area contributed by atoms with Crippen molar-refractivity contribution in [2.75, 3.05) is 39.5 Å². The van der Waals surface area contributed by atoms with E-state index in [-0.39, 0.29) is 29.3 Å². The van der Waals surface area contributed by atoms with Crippen molar-refractivity contribution in [3.8, 4) is 0 Å². The number of ether oxygens (including phenoxy) is 2. The van der Waals surface area contributed by atoms with Crippen molar-refractivity contribution in [1.29, 1.82) is 0 Å². The summed E-state index contributed by atoms with van der Waals surface area (Å²) in [5, 5.41) is 0.515. The molecule has 4 rings (SSSR count). The summed E-state index contributed by atoms with van der Waals surface area (Å²) < 4.78 is 81.2. The predicted octanol–water partition coefficient (Wildman–Crippen LogP) is 4.19. The van der Waals surface area contributed by atoms with E-state index in [0.717, 1.165) is 11.6 Å². The van der Waals surface area contributed by atoms with Gasteiger partial charge in [0, 0.05) is 50.2 Å². The van der Waals surface area contributed by atoms with Gasteiger partial charge in [-0.25, -0.2) is 26.6 Å². The molecule has 1 aliphatic rings. The van der Waals surface area contributed by atoms with E-state index in [1.807, 2.05) is 11.5 Å². The topological polar surface area (TPSA) is 73.7 Å². The Labute approximate surface area is 206 Å². The van der Waals surface area contributed by atoms with Gasteiger partial charge in [-0.3, -0.25) is 0 Å². The van der Waals surface area contributed by atoms with Crippen LogP contribution < -0.4 is 0 Å². The molecule has 7 nitrogen and oxygen atoms in total. The molecule has 190 valence electrons. The number of imidazole rings is 1. The minimum absolute atomic E-state index is 0.0115. The molecule has 0 spiro atoms. The SMILES string of the molecule is CCOCCCn1c(SCc2cc(F)c(F)cc2F)nc2cc(S(=O)(=O)N3CCOCC3)ccc21. The van der Waals surface area contributed by atoms with Gasteiger partial charge in [0.25, 0.3) is 0 Å². The fourth-order valence-electron chi connectivity index (χ4n) is 3.80. The van der Waals surface area contributed by atoms with Crippen LogP contribution in [0.2, 0.25) is 0 Å². The Hall–Kier alpha value is -2.12. The van der Waals surface area contributed by atoms with Crippen molar-refractivity contribution >= 4 is 32.8 Å². The van der Waals surface area contributed by atoms with E-state index in [9.17, 15) is 21.6 Å². The van der Waals surface area contributed by atoms with Crippen molar-refractivity contribution < 1.29 is 31.1 Å². The number of hydrogen-bond acceptors (Lipinski definition) is 6. The Morgan fingerprint density at radius 2 is 1.83 bits per heavy atom. The van der Waals surface area contributed by atoms with Crippen LogP contribution in [-0.4, -0.2) is 61.8 Å². The van der Waals surface area contributed by atoms with Gasteiger partial charge in [-0.15, -0.1) is 0 Å². The first-order valence-electron chi connectivity index (χ1n) is 11.2. The van der Waals surface area contributed by atoms with Crippen LogP contribution in [0.4, 0.5) is 13.2 Å². The van der Waals surface area contributed by atoms with Gasteiger partial charge in [0.2, 0.25) is 10.0 Å². The highest BCUT2D eigenvalue weighted by Gasteiger charge is 2.27. The lowest BCUT2D eigenvalue weighted by Gasteiger charge is -2.26. The summed E-state index contributed by atoms with van der Waals surface area (Å²) >= 11 is 1.17. The summed E-state index contributed by atoms with van der Waals surface area (Å²) in [5.41, 5.74) is 1.21. The fraction of sp³-hybridized carbons (Fsp3) is 0.435. The quantitative estimate of drug-likeness (QED) is 0.223. The molecule has 0 unspecified atom stereocenters. The van der Waals surface area contributed by atoms with E-state index in [0.29, 0.717) is 56.1 Å². The summed E-state index contributed by atoms with van der Waals surface area (Å²) in [6.07, 6.45) is 0.681. The highest BCUT2D eigenvalue weighted by Crippen LogP contribution is 2.30. The lowest BCUT2D eigenvalue weighted by atomic mass is 10.2. The molecular formula is C23H26F3N3O4S2. The zero-order chi connectivity index (χ0) is 25.0. The first kappa shape index (κ1) is 26.0. The molecule has 0 bridgehead atoms. The molecule has 35 heavy (non-hydrogen) atoms. The number of morpholine rings is 1. The van der Waals surface area contributed by atoms with Gasteiger partial charge < -0.3 is 14.0 Å². The van der Waals surface area contributed by atoms with Gasteiger partial charge in [0.15, 0.2) is 16.8 Å². The van der Waals surface area contributed by atoms with E-state index in [1.54, 1.807) is 12.1 Å². The summed E-state index contributed by atoms with van der Waals surface area (Å²) in [4.78, 5) is 4.74. The van der Waals surface area contributed by atoms with Crippen LogP contribution in [0.1, 0.15) is 18.9 Å². The van der Waals surface area contributed by atoms with Crippen LogP contribution in [0.15, 0.2) is 40.4 Å². The Bertz CT molecular complexity index is 1290.